The van der Waals surface area contributed by atoms with Gasteiger partial charge in [0.2, 0.25) is 0 Å². The topological polar surface area (TPSA) is 87.1 Å². The third kappa shape index (κ3) is 3.40. The molecule has 2 N–H and O–H groups in total. The third-order valence-electron chi connectivity index (χ3n) is 3.14. The summed E-state index contributed by atoms with van der Waals surface area (Å²) in [4.78, 5) is 24.5. The number of carbonyl (C=O) groups excluding carboxylic acids is 1. The molecule has 0 heterocycles. The van der Waals surface area contributed by atoms with Crippen LogP contribution in [0.25, 0.3) is 0 Å². The maximum Gasteiger partial charge on any atom is 0.323 e. The highest BCUT2D eigenvalue weighted by atomic mass is 16.5. The molecule has 1 aromatic rings. The first kappa shape index (κ1) is 15.8. The molecule has 1 atom stereocenters. The van der Waals surface area contributed by atoms with E-state index in [0.29, 0.717) is 6.42 Å². The lowest BCUT2D eigenvalue weighted by Gasteiger charge is -2.27. The summed E-state index contributed by atoms with van der Waals surface area (Å²) in [5.74, 6) is -1.73. The van der Waals surface area contributed by atoms with Crippen molar-refractivity contribution in [3.05, 3.63) is 23.8 Å². The van der Waals surface area contributed by atoms with Crippen molar-refractivity contribution in [3.8, 4) is 11.5 Å². The molecule has 1 rings (SSSR count). The van der Waals surface area contributed by atoms with Crippen LogP contribution in [0.5, 0.6) is 11.5 Å². The van der Waals surface area contributed by atoms with Crippen molar-refractivity contribution in [1.29, 1.82) is 0 Å². The van der Waals surface area contributed by atoms with Crippen molar-refractivity contribution in [1.82, 2.24) is 4.90 Å². The van der Waals surface area contributed by atoms with Crippen LogP contribution >= 0.6 is 0 Å². The molecule has 1 amide bonds. The van der Waals surface area contributed by atoms with Gasteiger partial charge in [-0.25, -0.2) is 0 Å². The van der Waals surface area contributed by atoms with Crippen LogP contribution < -0.4 is 4.74 Å². The maximum atomic E-state index is 12.4. The highest BCUT2D eigenvalue weighted by Crippen LogP contribution is 2.30. The Bertz CT molecular complexity index is 500. The number of aromatic hydroxyl groups is 1. The number of rotatable bonds is 6. The summed E-state index contributed by atoms with van der Waals surface area (Å²) in [5.41, 5.74) is 0.0332. The van der Waals surface area contributed by atoms with Crippen LogP contribution in [0, 0.1) is 0 Å². The number of hydrogen-bond acceptors (Lipinski definition) is 4. The molecular formula is C14H19NO5. The number of carbonyl (C=O) groups is 2. The molecule has 110 valence electrons. The van der Waals surface area contributed by atoms with Crippen LogP contribution in [0.1, 0.15) is 30.6 Å². The highest BCUT2D eigenvalue weighted by molar-refractivity contribution is 5.99. The Morgan fingerprint density at radius 2 is 2.05 bits per heavy atom. The second-order valence-corrected chi connectivity index (χ2v) is 4.44. The minimum atomic E-state index is -1.10. The van der Waals surface area contributed by atoms with E-state index in [2.05, 4.69) is 0 Å². The van der Waals surface area contributed by atoms with E-state index in [1.807, 2.05) is 6.92 Å². The Labute approximate surface area is 117 Å². The molecule has 0 spiro atoms. The van der Waals surface area contributed by atoms with Crippen molar-refractivity contribution in [2.45, 2.75) is 26.3 Å². The lowest BCUT2D eigenvalue weighted by atomic mass is 10.1. The van der Waals surface area contributed by atoms with Crippen molar-refractivity contribution in [2.24, 2.45) is 0 Å². The van der Waals surface area contributed by atoms with Gasteiger partial charge in [0.15, 0.2) is 11.5 Å². The van der Waals surface area contributed by atoms with E-state index in [1.54, 1.807) is 13.0 Å². The standard InChI is InChI=1S/C14H19NO5/c1-4-9(2)15(8-12(16)17)14(19)10-6-5-7-11(20-3)13(10)18/h5-7,9,18H,4,8H2,1-3H3,(H,16,17). The summed E-state index contributed by atoms with van der Waals surface area (Å²) in [6, 6.07) is 4.29. The second kappa shape index (κ2) is 6.79. The number of nitrogens with zero attached hydrogens (tertiary/aromatic N) is 1. The van der Waals surface area contributed by atoms with E-state index < -0.39 is 18.4 Å². The second-order valence-electron chi connectivity index (χ2n) is 4.44. The summed E-state index contributed by atoms with van der Waals surface area (Å²) < 4.78 is 4.95. The number of ether oxygens (including phenoxy) is 1. The number of para-hydroxylation sites is 1. The number of carboxylic acid groups (broad SMARTS) is 1. The molecule has 0 aliphatic carbocycles. The fraction of sp³-hybridized carbons (Fsp3) is 0.429. The average molecular weight is 281 g/mol. The molecule has 0 bridgehead atoms. The average Bonchev–Trinajstić information content (AvgIpc) is 2.43. The van der Waals surface area contributed by atoms with Gasteiger partial charge >= 0.3 is 5.97 Å². The minimum absolute atomic E-state index is 0.0332. The number of phenolic OH excluding ortho intramolecular Hbond substituents is 1. The SMILES string of the molecule is CCC(C)N(CC(=O)O)C(=O)c1cccc(OC)c1O. The Morgan fingerprint density at radius 3 is 2.55 bits per heavy atom. The molecule has 0 radical (unpaired) electrons. The molecule has 20 heavy (non-hydrogen) atoms. The number of hydrogen-bond donors (Lipinski definition) is 2. The summed E-state index contributed by atoms with van der Waals surface area (Å²) in [7, 11) is 1.38. The number of aliphatic carboxylic acids is 1. The van der Waals surface area contributed by atoms with E-state index in [1.165, 1.54) is 24.1 Å². The van der Waals surface area contributed by atoms with Gasteiger partial charge < -0.3 is 19.8 Å². The van der Waals surface area contributed by atoms with Gasteiger partial charge in [-0.3, -0.25) is 9.59 Å². The summed E-state index contributed by atoms with van der Waals surface area (Å²) in [6.45, 7) is 3.21. The molecule has 0 saturated heterocycles. The number of phenols is 1. The molecule has 0 aliphatic heterocycles. The Kier molecular flexibility index (Phi) is 5.37. The molecule has 0 saturated carbocycles. The minimum Gasteiger partial charge on any atom is -0.504 e. The van der Waals surface area contributed by atoms with Crippen molar-refractivity contribution in [3.63, 3.8) is 0 Å². The normalized spacial score (nSPS) is 11.8. The van der Waals surface area contributed by atoms with E-state index >= 15 is 0 Å². The van der Waals surface area contributed by atoms with Gasteiger partial charge in [-0.15, -0.1) is 0 Å². The molecular weight excluding hydrogens is 262 g/mol. The lowest BCUT2D eigenvalue weighted by molar-refractivity contribution is -0.138. The molecule has 6 nitrogen and oxygen atoms in total. The van der Waals surface area contributed by atoms with Crippen LogP contribution in [-0.2, 0) is 4.79 Å². The van der Waals surface area contributed by atoms with Crippen LogP contribution in [0.2, 0.25) is 0 Å². The Morgan fingerprint density at radius 1 is 1.40 bits per heavy atom. The maximum absolute atomic E-state index is 12.4. The summed E-state index contributed by atoms with van der Waals surface area (Å²) in [6.07, 6.45) is 0.615. The number of carboxylic acids is 1. The fourth-order valence-corrected chi connectivity index (χ4v) is 1.81. The molecule has 0 aromatic heterocycles. The van der Waals surface area contributed by atoms with Crippen LogP contribution in [-0.4, -0.2) is 46.7 Å². The number of methoxy groups -OCH3 is 1. The van der Waals surface area contributed by atoms with Gasteiger partial charge in [-0.05, 0) is 25.5 Å². The quantitative estimate of drug-likeness (QED) is 0.829. The first-order chi connectivity index (χ1) is 9.42. The zero-order chi connectivity index (χ0) is 15.3. The van der Waals surface area contributed by atoms with Gasteiger partial charge in [0.1, 0.15) is 6.54 Å². The Balaban J connectivity index is 3.15. The lowest BCUT2D eigenvalue weighted by Crippen LogP contribution is -2.41. The predicted molar refractivity (Wildman–Crippen MR) is 73.1 cm³/mol. The van der Waals surface area contributed by atoms with Crippen LogP contribution in [0.3, 0.4) is 0 Å². The largest absolute Gasteiger partial charge is 0.504 e. The van der Waals surface area contributed by atoms with Gasteiger partial charge in [-0.2, -0.15) is 0 Å². The van der Waals surface area contributed by atoms with E-state index in [0.717, 1.165) is 0 Å². The molecule has 6 heteroatoms. The van der Waals surface area contributed by atoms with Crippen LogP contribution in [0.4, 0.5) is 0 Å². The Hall–Kier alpha value is -2.24. The molecule has 1 aromatic carbocycles. The van der Waals surface area contributed by atoms with E-state index in [9.17, 15) is 14.7 Å². The van der Waals surface area contributed by atoms with Gasteiger partial charge in [-0.1, -0.05) is 13.0 Å². The third-order valence-corrected chi connectivity index (χ3v) is 3.14. The summed E-state index contributed by atoms with van der Waals surface area (Å²) >= 11 is 0. The zero-order valence-electron chi connectivity index (χ0n) is 11.8. The molecule has 1 unspecified atom stereocenters. The summed E-state index contributed by atoms with van der Waals surface area (Å²) in [5, 5.41) is 18.9. The number of benzene rings is 1. The monoisotopic (exact) mass is 281 g/mol. The first-order valence-electron chi connectivity index (χ1n) is 6.31. The predicted octanol–water partition coefficient (Wildman–Crippen LogP) is 1.73. The molecule has 0 aliphatic rings. The fourth-order valence-electron chi connectivity index (χ4n) is 1.81. The number of amides is 1. The van der Waals surface area contributed by atoms with Crippen LogP contribution in [0.15, 0.2) is 18.2 Å². The zero-order valence-corrected chi connectivity index (χ0v) is 11.8. The first-order valence-corrected chi connectivity index (χ1v) is 6.31. The van der Waals surface area contributed by atoms with Crippen molar-refractivity contribution >= 4 is 11.9 Å². The van der Waals surface area contributed by atoms with Gasteiger partial charge in [0, 0.05) is 6.04 Å². The molecule has 0 fully saturated rings. The van der Waals surface area contributed by atoms with E-state index in [-0.39, 0.29) is 23.1 Å². The van der Waals surface area contributed by atoms with Crippen molar-refractivity contribution < 1.29 is 24.5 Å². The van der Waals surface area contributed by atoms with Gasteiger partial charge in [0.05, 0.1) is 12.7 Å². The smallest absolute Gasteiger partial charge is 0.323 e. The van der Waals surface area contributed by atoms with Gasteiger partial charge in [0.25, 0.3) is 5.91 Å². The highest BCUT2D eigenvalue weighted by Gasteiger charge is 2.25. The van der Waals surface area contributed by atoms with E-state index in [4.69, 9.17) is 9.84 Å². The van der Waals surface area contributed by atoms with Crippen molar-refractivity contribution in [2.75, 3.05) is 13.7 Å².